The van der Waals surface area contributed by atoms with Crippen molar-refractivity contribution in [3.63, 3.8) is 0 Å². The van der Waals surface area contributed by atoms with E-state index in [1.807, 2.05) is 18.5 Å². The molecular weight excluding hydrogens is 252 g/mol. The fourth-order valence-electron chi connectivity index (χ4n) is 2.93. The molecule has 1 fully saturated rings. The lowest BCUT2D eigenvalue weighted by Gasteiger charge is -2.39. The maximum absolute atomic E-state index is 10.9. The lowest BCUT2D eigenvalue weighted by Crippen LogP contribution is -2.42. The average Bonchev–Trinajstić information content (AvgIpc) is 2.58. The summed E-state index contributed by atoms with van der Waals surface area (Å²) in [4.78, 5) is 0. The van der Waals surface area contributed by atoms with Gasteiger partial charge in [-0.1, -0.05) is 18.5 Å². The average molecular weight is 273 g/mol. The summed E-state index contributed by atoms with van der Waals surface area (Å²) in [7, 11) is 0. The Kier molecular flexibility index (Phi) is 3.99. The third-order valence-corrected chi connectivity index (χ3v) is 3.66. The number of halogens is 1. The highest BCUT2D eigenvalue weighted by molar-refractivity contribution is 6.31. The van der Waals surface area contributed by atoms with Crippen LogP contribution >= 0.6 is 11.6 Å². The molecule has 4 nitrogen and oxygen atoms in total. The molecule has 102 valence electrons. The van der Waals surface area contributed by atoms with Crippen molar-refractivity contribution in [3.05, 3.63) is 16.9 Å². The standard InChI is InChI=1S/C13H21ClN2O2/c1-4-5-16-12(11(14)8-15-16)13(17)6-9(2)18-10(3)7-13/h8-10,17H,4-7H2,1-3H3. The lowest BCUT2D eigenvalue weighted by atomic mass is 9.84. The second-order valence-electron chi connectivity index (χ2n) is 5.26. The van der Waals surface area contributed by atoms with E-state index in [9.17, 15) is 5.11 Å². The Hall–Kier alpha value is -0.580. The molecule has 0 aliphatic carbocycles. The van der Waals surface area contributed by atoms with Crippen molar-refractivity contribution < 1.29 is 9.84 Å². The molecule has 1 aromatic heterocycles. The second-order valence-corrected chi connectivity index (χ2v) is 5.67. The summed E-state index contributed by atoms with van der Waals surface area (Å²) in [6, 6.07) is 0. The molecule has 2 heterocycles. The van der Waals surface area contributed by atoms with Gasteiger partial charge in [0, 0.05) is 19.4 Å². The number of nitrogens with zero attached hydrogens (tertiary/aromatic N) is 2. The molecule has 0 spiro atoms. The third-order valence-electron chi connectivity index (χ3n) is 3.39. The Labute approximate surface area is 113 Å². The van der Waals surface area contributed by atoms with Gasteiger partial charge in [0.2, 0.25) is 0 Å². The normalized spacial score (nSPS) is 32.7. The Morgan fingerprint density at radius 1 is 1.50 bits per heavy atom. The molecule has 0 amide bonds. The van der Waals surface area contributed by atoms with Crippen LogP contribution in [0.15, 0.2) is 6.20 Å². The number of aromatic nitrogens is 2. The number of hydrogen-bond donors (Lipinski definition) is 1. The first-order valence-corrected chi connectivity index (χ1v) is 6.93. The van der Waals surface area contributed by atoms with E-state index < -0.39 is 5.60 Å². The molecule has 1 aliphatic rings. The summed E-state index contributed by atoms with van der Waals surface area (Å²) >= 11 is 6.21. The molecule has 1 N–H and O–H groups in total. The molecule has 2 rings (SSSR count). The van der Waals surface area contributed by atoms with E-state index in [1.165, 1.54) is 0 Å². The molecule has 1 saturated heterocycles. The molecule has 18 heavy (non-hydrogen) atoms. The van der Waals surface area contributed by atoms with Crippen molar-refractivity contribution >= 4 is 11.6 Å². The fraction of sp³-hybridized carbons (Fsp3) is 0.769. The van der Waals surface area contributed by atoms with Gasteiger partial charge in [0.05, 0.1) is 29.1 Å². The van der Waals surface area contributed by atoms with Crippen LogP contribution in [0.3, 0.4) is 0 Å². The van der Waals surface area contributed by atoms with Gasteiger partial charge in [-0.3, -0.25) is 4.68 Å². The van der Waals surface area contributed by atoms with Crippen LogP contribution in [0, 0.1) is 0 Å². The van der Waals surface area contributed by atoms with E-state index in [0.717, 1.165) is 18.7 Å². The van der Waals surface area contributed by atoms with Crippen LogP contribution in [0.2, 0.25) is 5.02 Å². The van der Waals surface area contributed by atoms with E-state index in [1.54, 1.807) is 6.20 Å². The summed E-state index contributed by atoms with van der Waals surface area (Å²) in [6.45, 7) is 6.82. The minimum absolute atomic E-state index is 0.0276. The molecule has 5 heteroatoms. The van der Waals surface area contributed by atoms with Gasteiger partial charge in [-0.05, 0) is 20.3 Å². The van der Waals surface area contributed by atoms with Crippen molar-refractivity contribution in [3.8, 4) is 0 Å². The van der Waals surface area contributed by atoms with E-state index in [4.69, 9.17) is 16.3 Å². The van der Waals surface area contributed by atoms with Crippen LogP contribution in [0.5, 0.6) is 0 Å². The van der Waals surface area contributed by atoms with Gasteiger partial charge in [0.25, 0.3) is 0 Å². The maximum atomic E-state index is 10.9. The van der Waals surface area contributed by atoms with Gasteiger partial charge in [-0.25, -0.2) is 0 Å². The van der Waals surface area contributed by atoms with Crippen molar-refractivity contribution in [2.24, 2.45) is 0 Å². The van der Waals surface area contributed by atoms with Gasteiger partial charge in [-0.15, -0.1) is 0 Å². The van der Waals surface area contributed by atoms with Gasteiger partial charge in [0.15, 0.2) is 0 Å². The molecule has 0 aromatic carbocycles. The highest BCUT2D eigenvalue weighted by Crippen LogP contribution is 2.40. The summed E-state index contributed by atoms with van der Waals surface area (Å²) in [5.74, 6) is 0. The summed E-state index contributed by atoms with van der Waals surface area (Å²) in [6.07, 6.45) is 3.76. The zero-order valence-corrected chi connectivity index (χ0v) is 11.9. The van der Waals surface area contributed by atoms with Gasteiger partial charge >= 0.3 is 0 Å². The Bertz CT molecular complexity index is 409. The van der Waals surface area contributed by atoms with E-state index in [2.05, 4.69) is 12.0 Å². The zero-order valence-electron chi connectivity index (χ0n) is 11.2. The molecule has 1 aliphatic heterocycles. The highest BCUT2D eigenvalue weighted by atomic mass is 35.5. The van der Waals surface area contributed by atoms with Crippen LogP contribution < -0.4 is 0 Å². The predicted octanol–water partition coefficient (Wildman–Crippen LogP) is 2.72. The molecule has 0 saturated carbocycles. The molecule has 1 aromatic rings. The van der Waals surface area contributed by atoms with E-state index in [-0.39, 0.29) is 12.2 Å². The maximum Gasteiger partial charge on any atom is 0.113 e. The van der Waals surface area contributed by atoms with Crippen LogP contribution in [0.1, 0.15) is 45.7 Å². The molecule has 0 bridgehead atoms. The SMILES string of the molecule is CCCn1ncc(Cl)c1C1(O)CC(C)OC(C)C1. The summed E-state index contributed by atoms with van der Waals surface area (Å²) in [5.41, 5.74) is -0.187. The van der Waals surface area contributed by atoms with E-state index in [0.29, 0.717) is 17.9 Å². The van der Waals surface area contributed by atoms with Crippen LogP contribution in [0.4, 0.5) is 0 Å². The topological polar surface area (TPSA) is 47.3 Å². The van der Waals surface area contributed by atoms with Crippen molar-refractivity contribution in [2.45, 2.75) is 64.4 Å². The van der Waals surface area contributed by atoms with Gasteiger partial charge in [0.1, 0.15) is 5.60 Å². The van der Waals surface area contributed by atoms with Crippen molar-refractivity contribution in [2.75, 3.05) is 0 Å². The smallest absolute Gasteiger partial charge is 0.113 e. The summed E-state index contributed by atoms with van der Waals surface area (Å²) in [5, 5.41) is 15.7. The molecular formula is C13H21ClN2O2. The Morgan fingerprint density at radius 2 is 2.11 bits per heavy atom. The van der Waals surface area contributed by atoms with E-state index >= 15 is 0 Å². The number of ether oxygens (including phenoxy) is 1. The number of rotatable bonds is 3. The number of aliphatic hydroxyl groups is 1. The summed E-state index contributed by atoms with van der Waals surface area (Å²) < 4.78 is 7.51. The van der Waals surface area contributed by atoms with Gasteiger partial charge < -0.3 is 9.84 Å². The lowest BCUT2D eigenvalue weighted by molar-refractivity contribution is -0.139. The van der Waals surface area contributed by atoms with Crippen molar-refractivity contribution in [1.29, 1.82) is 0 Å². The van der Waals surface area contributed by atoms with Gasteiger partial charge in [-0.2, -0.15) is 5.10 Å². The minimum Gasteiger partial charge on any atom is -0.383 e. The van der Waals surface area contributed by atoms with Crippen LogP contribution in [0.25, 0.3) is 0 Å². The molecule has 2 unspecified atom stereocenters. The minimum atomic E-state index is -0.931. The third kappa shape index (κ3) is 2.56. The van der Waals surface area contributed by atoms with Crippen LogP contribution in [-0.4, -0.2) is 27.1 Å². The van der Waals surface area contributed by atoms with Crippen molar-refractivity contribution in [1.82, 2.24) is 9.78 Å². The Balaban J connectivity index is 2.36. The molecule has 0 radical (unpaired) electrons. The highest BCUT2D eigenvalue weighted by Gasteiger charge is 2.42. The quantitative estimate of drug-likeness (QED) is 0.920. The molecule has 2 atom stereocenters. The first-order chi connectivity index (χ1) is 8.46. The monoisotopic (exact) mass is 272 g/mol. The Morgan fingerprint density at radius 3 is 2.67 bits per heavy atom. The fourth-order valence-corrected chi connectivity index (χ4v) is 3.24. The van der Waals surface area contributed by atoms with Crippen LogP contribution in [-0.2, 0) is 16.9 Å². The zero-order chi connectivity index (χ0) is 13.3. The predicted molar refractivity (Wildman–Crippen MR) is 70.7 cm³/mol. The number of aryl methyl sites for hydroxylation is 1. The first kappa shape index (κ1) is 13.8. The largest absolute Gasteiger partial charge is 0.383 e. The number of hydrogen-bond acceptors (Lipinski definition) is 3. The second kappa shape index (κ2) is 5.19. The first-order valence-electron chi connectivity index (χ1n) is 6.56.